The Morgan fingerprint density at radius 1 is 0.938 bits per heavy atom. The Morgan fingerprint density at radius 3 is 2.19 bits per heavy atom. The molecule has 0 aliphatic heterocycles. The Morgan fingerprint density at radius 2 is 1.62 bits per heavy atom. The van der Waals surface area contributed by atoms with Crippen LogP contribution in [-0.2, 0) is 0 Å². The molecule has 86 valence electrons. The Bertz CT molecular complexity index is 514. The summed E-state index contributed by atoms with van der Waals surface area (Å²) in [4.78, 5) is 13.3. The molecule has 0 aliphatic rings. The number of nitrogens with zero attached hydrogens (tertiary/aromatic N) is 3. The first-order valence-corrected chi connectivity index (χ1v) is 5.64. The molecule has 0 amide bonds. The maximum Gasteiger partial charge on any atom is 0.250 e. The molecule has 0 saturated heterocycles. The average Bonchev–Trinajstić information content (AvgIpc) is 2.55. The zero-order valence-electron chi connectivity index (χ0n) is 10.4. The van der Waals surface area contributed by atoms with E-state index in [-0.39, 0.29) is 0 Å². The van der Waals surface area contributed by atoms with Gasteiger partial charge in [-0.3, -0.25) is 0 Å². The molecule has 2 heterocycles. The van der Waals surface area contributed by atoms with Crippen LogP contribution in [0.1, 0.15) is 56.9 Å². The van der Waals surface area contributed by atoms with E-state index in [1.807, 2.05) is 6.92 Å². The minimum Gasteiger partial charge on any atom is -0.422 e. The van der Waals surface area contributed by atoms with E-state index in [1.54, 1.807) is 0 Å². The standard InChI is InChI=1S/C12H17N3O/c1-6(2)9-10-12(16-8(5)13-10)15-11(14-9)7(3)4/h6-7H,1-5H3. The van der Waals surface area contributed by atoms with Gasteiger partial charge in [0.2, 0.25) is 0 Å². The first-order chi connectivity index (χ1) is 7.49. The van der Waals surface area contributed by atoms with Crippen LogP contribution in [-0.4, -0.2) is 15.0 Å². The summed E-state index contributed by atoms with van der Waals surface area (Å²) >= 11 is 0. The minimum atomic E-state index is 0.298. The zero-order valence-corrected chi connectivity index (χ0v) is 10.4. The first kappa shape index (κ1) is 11.0. The molecule has 0 aliphatic carbocycles. The van der Waals surface area contributed by atoms with Gasteiger partial charge in [0.1, 0.15) is 5.82 Å². The maximum atomic E-state index is 5.49. The molecule has 0 bridgehead atoms. The fourth-order valence-electron chi connectivity index (χ4n) is 1.63. The SMILES string of the molecule is Cc1nc2c(C(C)C)nc(C(C)C)nc2o1. The maximum absolute atomic E-state index is 5.49. The van der Waals surface area contributed by atoms with Gasteiger partial charge in [0.15, 0.2) is 11.4 Å². The number of hydrogen-bond acceptors (Lipinski definition) is 4. The number of aryl methyl sites for hydroxylation is 1. The smallest absolute Gasteiger partial charge is 0.250 e. The molecule has 0 atom stereocenters. The highest BCUT2D eigenvalue weighted by Crippen LogP contribution is 2.24. The van der Waals surface area contributed by atoms with Gasteiger partial charge in [-0.15, -0.1) is 0 Å². The highest BCUT2D eigenvalue weighted by Gasteiger charge is 2.16. The first-order valence-electron chi connectivity index (χ1n) is 5.64. The van der Waals surface area contributed by atoms with Crippen molar-refractivity contribution in [3.8, 4) is 0 Å². The van der Waals surface area contributed by atoms with Gasteiger partial charge in [0.05, 0.1) is 5.69 Å². The Balaban J connectivity index is 2.73. The van der Waals surface area contributed by atoms with Crippen molar-refractivity contribution in [1.29, 1.82) is 0 Å². The molecule has 0 spiro atoms. The summed E-state index contributed by atoms with van der Waals surface area (Å²) in [5, 5.41) is 0. The van der Waals surface area contributed by atoms with Gasteiger partial charge in [-0.2, -0.15) is 4.98 Å². The lowest BCUT2D eigenvalue weighted by atomic mass is 10.1. The lowest BCUT2D eigenvalue weighted by molar-refractivity contribution is 0.547. The molecule has 0 saturated carbocycles. The van der Waals surface area contributed by atoms with E-state index in [0.29, 0.717) is 23.4 Å². The van der Waals surface area contributed by atoms with E-state index in [0.717, 1.165) is 17.0 Å². The highest BCUT2D eigenvalue weighted by atomic mass is 16.4. The molecule has 0 unspecified atom stereocenters. The molecule has 2 aromatic heterocycles. The van der Waals surface area contributed by atoms with Crippen LogP contribution in [0, 0.1) is 6.92 Å². The number of rotatable bonds is 2. The molecule has 0 N–H and O–H groups in total. The van der Waals surface area contributed by atoms with Crippen molar-refractivity contribution in [3.63, 3.8) is 0 Å². The second kappa shape index (κ2) is 3.85. The topological polar surface area (TPSA) is 51.8 Å². The van der Waals surface area contributed by atoms with Crippen molar-refractivity contribution < 1.29 is 4.42 Å². The van der Waals surface area contributed by atoms with Crippen LogP contribution in [0.25, 0.3) is 11.2 Å². The van der Waals surface area contributed by atoms with Crippen molar-refractivity contribution in [2.75, 3.05) is 0 Å². The van der Waals surface area contributed by atoms with Crippen molar-refractivity contribution in [2.24, 2.45) is 0 Å². The molecule has 0 radical (unpaired) electrons. The summed E-state index contributed by atoms with van der Waals surface area (Å²) in [5.41, 5.74) is 2.39. The van der Waals surface area contributed by atoms with Gasteiger partial charge in [-0.1, -0.05) is 27.7 Å². The van der Waals surface area contributed by atoms with Gasteiger partial charge in [-0.05, 0) is 5.92 Å². The van der Waals surface area contributed by atoms with Crippen molar-refractivity contribution >= 4 is 11.2 Å². The number of oxazole rings is 1. The van der Waals surface area contributed by atoms with E-state index >= 15 is 0 Å². The lowest BCUT2D eigenvalue weighted by Crippen LogP contribution is -2.03. The van der Waals surface area contributed by atoms with Gasteiger partial charge >= 0.3 is 0 Å². The summed E-state index contributed by atoms with van der Waals surface area (Å²) in [5.74, 6) is 2.10. The molecule has 4 heteroatoms. The molecule has 16 heavy (non-hydrogen) atoms. The van der Waals surface area contributed by atoms with E-state index in [4.69, 9.17) is 4.42 Å². The van der Waals surface area contributed by atoms with Crippen molar-refractivity contribution in [2.45, 2.75) is 46.5 Å². The Kier molecular flexibility index (Phi) is 2.66. The van der Waals surface area contributed by atoms with Crippen LogP contribution in [0.3, 0.4) is 0 Å². The van der Waals surface area contributed by atoms with Gasteiger partial charge in [-0.25, -0.2) is 9.97 Å². The second-order valence-electron chi connectivity index (χ2n) is 4.66. The quantitative estimate of drug-likeness (QED) is 0.778. The van der Waals surface area contributed by atoms with E-state index in [1.165, 1.54) is 0 Å². The van der Waals surface area contributed by atoms with Crippen LogP contribution in [0.5, 0.6) is 0 Å². The largest absolute Gasteiger partial charge is 0.422 e. The lowest BCUT2D eigenvalue weighted by Gasteiger charge is -2.08. The third kappa shape index (κ3) is 1.79. The van der Waals surface area contributed by atoms with Crippen LogP contribution in [0.15, 0.2) is 4.42 Å². The number of aromatic nitrogens is 3. The van der Waals surface area contributed by atoms with Crippen molar-refractivity contribution in [3.05, 3.63) is 17.4 Å². The summed E-state index contributed by atoms with van der Waals surface area (Å²) in [7, 11) is 0. The molecule has 2 rings (SSSR count). The number of hydrogen-bond donors (Lipinski definition) is 0. The normalized spacial score (nSPS) is 11.9. The third-order valence-corrected chi connectivity index (χ3v) is 2.47. The summed E-state index contributed by atoms with van der Waals surface area (Å²) in [6.07, 6.45) is 0. The van der Waals surface area contributed by atoms with E-state index in [9.17, 15) is 0 Å². The number of fused-ring (bicyclic) bond motifs is 1. The predicted molar refractivity (Wildman–Crippen MR) is 62.5 cm³/mol. The third-order valence-electron chi connectivity index (χ3n) is 2.47. The van der Waals surface area contributed by atoms with Crippen LogP contribution in [0.4, 0.5) is 0 Å². The fourth-order valence-corrected chi connectivity index (χ4v) is 1.63. The fraction of sp³-hybridized carbons (Fsp3) is 0.583. The van der Waals surface area contributed by atoms with Crippen LogP contribution in [0.2, 0.25) is 0 Å². The highest BCUT2D eigenvalue weighted by molar-refractivity contribution is 5.71. The van der Waals surface area contributed by atoms with E-state index in [2.05, 4.69) is 42.6 Å². The molecule has 0 aromatic carbocycles. The van der Waals surface area contributed by atoms with E-state index < -0.39 is 0 Å². The zero-order chi connectivity index (χ0) is 11.9. The van der Waals surface area contributed by atoms with Gasteiger partial charge in [0.25, 0.3) is 5.71 Å². The van der Waals surface area contributed by atoms with Crippen LogP contribution < -0.4 is 0 Å². The average molecular weight is 219 g/mol. The molecular formula is C12H17N3O. The molecule has 2 aromatic rings. The Hall–Kier alpha value is -1.45. The molecule has 0 fully saturated rings. The molecule has 4 nitrogen and oxygen atoms in total. The van der Waals surface area contributed by atoms with Gasteiger partial charge in [0, 0.05) is 12.8 Å². The summed E-state index contributed by atoms with van der Waals surface area (Å²) in [6.45, 7) is 10.2. The van der Waals surface area contributed by atoms with Crippen molar-refractivity contribution in [1.82, 2.24) is 15.0 Å². The molecular weight excluding hydrogens is 202 g/mol. The summed E-state index contributed by atoms with van der Waals surface area (Å²) in [6, 6.07) is 0. The van der Waals surface area contributed by atoms with Gasteiger partial charge < -0.3 is 4.42 Å². The Labute approximate surface area is 95.1 Å². The minimum absolute atomic E-state index is 0.298. The summed E-state index contributed by atoms with van der Waals surface area (Å²) < 4.78 is 5.49. The second-order valence-corrected chi connectivity index (χ2v) is 4.66. The van der Waals surface area contributed by atoms with Crippen LogP contribution >= 0.6 is 0 Å². The monoisotopic (exact) mass is 219 g/mol. The predicted octanol–water partition coefficient (Wildman–Crippen LogP) is 3.17.